The summed E-state index contributed by atoms with van der Waals surface area (Å²) in [6.45, 7) is 3.19. The second-order valence-electron chi connectivity index (χ2n) is 4.99. The third kappa shape index (κ3) is 2.55. The molecule has 2 N–H and O–H groups in total. The van der Waals surface area contributed by atoms with Gasteiger partial charge < -0.3 is 20.1 Å². The zero-order chi connectivity index (χ0) is 13.3. The van der Waals surface area contributed by atoms with Crippen LogP contribution in [0.5, 0.6) is 11.5 Å². The first-order valence-corrected chi connectivity index (χ1v) is 6.70. The van der Waals surface area contributed by atoms with E-state index in [1.165, 1.54) is 0 Å². The highest BCUT2D eigenvalue weighted by Crippen LogP contribution is 2.34. The van der Waals surface area contributed by atoms with Crippen LogP contribution in [0.4, 0.5) is 5.69 Å². The average Bonchev–Trinajstić information content (AvgIpc) is 3.07. The first-order valence-electron chi connectivity index (χ1n) is 6.70. The van der Waals surface area contributed by atoms with Crippen LogP contribution >= 0.6 is 12.4 Å². The summed E-state index contributed by atoms with van der Waals surface area (Å²) < 4.78 is 10.6. The molecule has 1 aromatic carbocycles. The Labute approximate surface area is 124 Å². The van der Waals surface area contributed by atoms with Crippen LogP contribution in [0.25, 0.3) is 0 Å². The number of amides is 1. The zero-order valence-electron chi connectivity index (χ0n) is 11.4. The largest absolute Gasteiger partial charge is 0.454 e. The van der Waals surface area contributed by atoms with E-state index in [9.17, 15) is 4.79 Å². The Kier molecular flexibility index (Phi) is 4.40. The lowest BCUT2D eigenvalue weighted by molar-refractivity contribution is -0.122. The van der Waals surface area contributed by atoms with Gasteiger partial charge in [-0.1, -0.05) is 6.92 Å². The Morgan fingerprint density at radius 2 is 2.20 bits per heavy atom. The Morgan fingerprint density at radius 3 is 2.90 bits per heavy atom. The van der Waals surface area contributed by atoms with Gasteiger partial charge in [-0.2, -0.15) is 0 Å². The maximum absolute atomic E-state index is 12.4. The van der Waals surface area contributed by atoms with E-state index in [1.807, 2.05) is 19.1 Å². The lowest BCUT2D eigenvalue weighted by atomic mass is 9.93. The van der Waals surface area contributed by atoms with Crippen molar-refractivity contribution in [3.05, 3.63) is 18.2 Å². The van der Waals surface area contributed by atoms with Crippen LogP contribution in [0, 0.1) is 0 Å². The summed E-state index contributed by atoms with van der Waals surface area (Å²) in [5.74, 6) is 1.44. The summed E-state index contributed by atoms with van der Waals surface area (Å²) in [7, 11) is 0. The van der Waals surface area contributed by atoms with Crippen molar-refractivity contribution >= 4 is 24.0 Å². The number of halogens is 1. The molecule has 1 aromatic rings. The first-order chi connectivity index (χ1) is 9.23. The Hall–Kier alpha value is -1.46. The van der Waals surface area contributed by atoms with Crippen molar-refractivity contribution in [2.24, 2.45) is 0 Å². The Bertz CT molecular complexity index is 501. The number of fused-ring (bicyclic) bond motifs is 1. The predicted molar refractivity (Wildman–Crippen MR) is 78.7 cm³/mol. The van der Waals surface area contributed by atoms with Crippen molar-refractivity contribution in [2.75, 3.05) is 18.7 Å². The minimum atomic E-state index is -0.420. The molecule has 5 nitrogen and oxygen atoms in total. The molecule has 20 heavy (non-hydrogen) atoms. The number of hydrogen-bond donors (Lipinski definition) is 2. The minimum absolute atomic E-state index is 0. The number of nitrogens with one attached hydrogen (secondary N) is 2. The molecule has 2 aliphatic heterocycles. The molecule has 1 saturated heterocycles. The van der Waals surface area contributed by atoms with Gasteiger partial charge in [0.2, 0.25) is 12.7 Å². The van der Waals surface area contributed by atoms with Crippen LogP contribution in [0.3, 0.4) is 0 Å². The van der Waals surface area contributed by atoms with E-state index in [0.717, 1.165) is 37.2 Å². The molecule has 0 saturated carbocycles. The van der Waals surface area contributed by atoms with E-state index in [1.54, 1.807) is 6.07 Å². The van der Waals surface area contributed by atoms with E-state index in [4.69, 9.17) is 9.47 Å². The molecular weight excluding hydrogens is 280 g/mol. The second kappa shape index (κ2) is 5.89. The summed E-state index contributed by atoms with van der Waals surface area (Å²) >= 11 is 0. The second-order valence-corrected chi connectivity index (χ2v) is 4.99. The molecule has 1 atom stereocenters. The zero-order valence-corrected chi connectivity index (χ0v) is 12.2. The van der Waals surface area contributed by atoms with Crippen molar-refractivity contribution in [3.8, 4) is 11.5 Å². The van der Waals surface area contributed by atoms with E-state index < -0.39 is 5.54 Å². The van der Waals surface area contributed by atoms with Gasteiger partial charge in [0, 0.05) is 11.8 Å². The van der Waals surface area contributed by atoms with E-state index >= 15 is 0 Å². The first kappa shape index (κ1) is 14.9. The summed E-state index contributed by atoms with van der Waals surface area (Å²) in [4.78, 5) is 12.4. The fourth-order valence-electron chi connectivity index (χ4n) is 2.69. The molecule has 0 aliphatic carbocycles. The molecule has 2 aliphatic rings. The SMILES string of the molecule is CCC1(C(=O)Nc2ccc3c(c2)OCO3)CCCN1.Cl. The van der Waals surface area contributed by atoms with Crippen LogP contribution in [-0.4, -0.2) is 24.8 Å². The highest BCUT2D eigenvalue weighted by Gasteiger charge is 2.39. The summed E-state index contributed by atoms with van der Waals surface area (Å²) in [6.07, 6.45) is 2.73. The number of carbonyl (C=O) groups excluding carboxylic acids is 1. The number of rotatable bonds is 3. The molecule has 1 unspecified atom stereocenters. The van der Waals surface area contributed by atoms with E-state index in [0.29, 0.717) is 5.75 Å². The Morgan fingerprint density at radius 1 is 1.40 bits per heavy atom. The van der Waals surface area contributed by atoms with E-state index in [2.05, 4.69) is 10.6 Å². The minimum Gasteiger partial charge on any atom is -0.454 e. The molecule has 0 spiro atoms. The number of ether oxygens (including phenoxy) is 2. The smallest absolute Gasteiger partial charge is 0.244 e. The maximum atomic E-state index is 12.4. The maximum Gasteiger partial charge on any atom is 0.244 e. The molecule has 2 heterocycles. The highest BCUT2D eigenvalue weighted by molar-refractivity contribution is 5.98. The molecule has 1 amide bonds. The van der Waals surface area contributed by atoms with Gasteiger partial charge in [-0.25, -0.2) is 0 Å². The average molecular weight is 299 g/mol. The van der Waals surface area contributed by atoms with Crippen LogP contribution in [0.1, 0.15) is 26.2 Å². The molecule has 1 fully saturated rings. The van der Waals surface area contributed by atoms with Gasteiger partial charge in [0.1, 0.15) is 0 Å². The lowest BCUT2D eigenvalue weighted by Crippen LogP contribution is -2.50. The molecular formula is C14H19ClN2O3. The molecule has 0 bridgehead atoms. The Balaban J connectivity index is 0.00000147. The molecule has 0 aromatic heterocycles. The third-order valence-electron chi connectivity index (χ3n) is 3.91. The molecule has 3 rings (SSSR count). The van der Waals surface area contributed by atoms with Crippen molar-refractivity contribution in [3.63, 3.8) is 0 Å². The summed E-state index contributed by atoms with van der Waals surface area (Å²) in [5.41, 5.74) is 0.326. The highest BCUT2D eigenvalue weighted by atomic mass is 35.5. The monoisotopic (exact) mass is 298 g/mol. The van der Waals surface area contributed by atoms with Gasteiger partial charge in [0.15, 0.2) is 11.5 Å². The fraction of sp³-hybridized carbons (Fsp3) is 0.500. The van der Waals surface area contributed by atoms with Gasteiger partial charge >= 0.3 is 0 Å². The number of anilines is 1. The van der Waals surface area contributed by atoms with Crippen LogP contribution < -0.4 is 20.1 Å². The number of hydrogen-bond acceptors (Lipinski definition) is 4. The van der Waals surface area contributed by atoms with Gasteiger partial charge in [0.25, 0.3) is 0 Å². The van der Waals surface area contributed by atoms with Gasteiger partial charge in [-0.05, 0) is 37.9 Å². The van der Waals surface area contributed by atoms with Crippen molar-refractivity contribution < 1.29 is 14.3 Å². The number of carbonyl (C=O) groups is 1. The van der Waals surface area contributed by atoms with Crippen LogP contribution in [0.15, 0.2) is 18.2 Å². The topological polar surface area (TPSA) is 59.6 Å². The summed E-state index contributed by atoms with van der Waals surface area (Å²) in [6, 6.07) is 5.46. The molecule has 110 valence electrons. The normalized spacial score (nSPS) is 23.2. The van der Waals surface area contributed by atoms with Crippen LogP contribution in [0.2, 0.25) is 0 Å². The number of benzene rings is 1. The standard InChI is InChI=1S/C14H18N2O3.ClH/c1-2-14(6-3-7-15-14)13(17)16-10-4-5-11-12(8-10)19-9-18-11;/h4-5,8,15H,2-3,6-7,9H2,1H3,(H,16,17);1H. The van der Waals surface area contributed by atoms with Gasteiger partial charge in [-0.15, -0.1) is 12.4 Å². The molecule has 0 radical (unpaired) electrons. The van der Waals surface area contributed by atoms with Crippen molar-refractivity contribution in [2.45, 2.75) is 31.7 Å². The van der Waals surface area contributed by atoms with Crippen molar-refractivity contribution in [1.29, 1.82) is 0 Å². The fourth-order valence-corrected chi connectivity index (χ4v) is 2.69. The van der Waals surface area contributed by atoms with E-state index in [-0.39, 0.29) is 25.1 Å². The van der Waals surface area contributed by atoms with Gasteiger partial charge in [0.05, 0.1) is 5.54 Å². The van der Waals surface area contributed by atoms with Crippen molar-refractivity contribution in [1.82, 2.24) is 5.32 Å². The quantitative estimate of drug-likeness (QED) is 0.899. The lowest BCUT2D eigenvalue weighted by Gasteiger charge is -2.26. The van der Waals surface area contributed by atoms with Gasteiger partial charge in [-0.3, -0.25) is 4.79 Å². The third-order valence-corrected chi connectivity index (χ3v) is 3.91. The molecule has 6 heteroatoms. The van der Waals surface area contributed by atoms with Crippen LogP contribution in [-0.2, 0) is 4.79 Å². The summed E-state index contributed by atoms with van der Waals surface area (Å²) in [5, 5.41) is 6.29. The predicted octanol–water partition coefficient (Wildman–Crippen LogP) is 2.31.